The molecule has 2 rings (SSSR count). The molecule has 2 aromatic carbocycles. The van der Waals surface area contributed by atoms with Gasteiger partial charge in [0.25, 0.3) is 0 Å². The van der Waals surface area contributed by atoms with Gasteiger partial charge in [-0.05, 0) is 48.9 Å². The number of nitrogens with one attached hydrogen (secondary N) is 1. The third kappa shape index (κ3) is 2.94. The van der Waals surface area contributed by atoms with E-state index in [4.69, 9.17) is 11.6 Å². The number of hydrogen-bond donors (Lipinski definition) is 1. The second-order valence-electron chi connectivity index (χ2n) is 4.42. The lowest BCUT2D eigenvalue weighted by molar-refractivity contribution is 0.595. The van der Waals surface area contributed by atoms with Crippen LogP contribution in [0.1, 0.15) is 11.1 Å². The van der Waals surface area contributed by atoms with Crippen molar-refractivity contribution in [3.05, 3.63) is 58.1 Å². The van der Waals surface area contributed by atoms with Crippen LogP contribution in [0, 0.1) is 18.6 Å². The van der Waals surface area contributed by atoms with Gasteiger partial charge in [0.1, 0.15) is 11.6 Å². The lowest BCUT2D eigenvalue weighted by Gasteiger charge is -2.09. The first-order valence-electron chi connectivity index (χ1n) is 5.92. The van der Waals surface area contributed by atoms with Crippen molar-refractivity contribution in [3.8, 4) is 11.1 Å². The molecule has 0 aliphatic heterocycles. The van der Waals surface area contributed by atoms with Crippen LogP contribution in [-0.2, 0) is 6.54 Å². The van der Waals surface area contributed by atoms with Crippen LogP contribution in [-0.4, -0.2) is 7.05 Å². The Balaban J connectivity index is 2.48. The summed E-state index contributed by atoms with van der Waals surface area (Å²) in [4.78, 5) is 0. The average Bonchev–Trinajstić information content (AvgIpc) is 2.36. The van der Waals surface area contributed by atoms with Crippen molar-refractivity contribution in [1.29, 1.82) is 0 Å². The van der Waals surface area contributed by atoms with Crippen molar-refractivity contribution in [2.45, 2.75) is 13.5 Å². The number of halogens is 3. The highest BCUT2D eigenvalue weighted by Gasteiger charge is 2.11. The molecule has 0 atom stereocenters. The zero-order chi connectivity index (χ0) is 14.0. The van der Waals surface area contributed by atoms with Crippen LogP contribution in [0.25, 0.3) is 11.1 Å². The second-order valence-corrected chi connectivity index (χ2v) is 4.82. The minimum Gasteiger partial charge on any atom is -0.316 e. The lowest BCUT2D eigenvalue weighted by Crippen LogP contribution is -2.05. The molecule has 0 bridgehead atoms. The van der Waals surface area contributed by atoms with Gasteiger partial charge in [-0.2, -0.15) is 0 Å². The highest BCUT2D eigenvalue weighted by molar-refractivity contribution is 6.31. The maximum atomic E-state index is 13.9. The summed E-state index contributed by atoms with van der Waals surface area (Å²) in [6.07, 6.45) is 0. The molecular formula is C15H14ClF2N. The fourth-order valence-corrected chi connectivity index (χ4v) is 2.16. The van der Waals surface area contributed by atoms with Gasteiger partial charge in [0.2, 0.25) is 0 Å². The molecule has 0 radical (unpaired) electrons. The molecule has 0 saturated carbocycles. The number of aryl methyl sites for hydroxylation is 1. The average molecular weight is 282 g/mol. The van der Waals surface area contributed by atoms with Crippen molar-refractivity contribution < 1.29 is 8.78 Å². The zero-order valence-corrected chi connectivity index (χ0v) is 11.5. The smallest absolute Gasteiger partial charge is 0.131 e. The van der Waals surface area contributed by atoms with E-state index >= 15 is 0 Å². The number of benzene rings is 2. The number of hydrogen-bond acceptors (Lipinski definition) is 1. The van der Waals surface area contributed by atoms with Gasteiger partial charge in [0.05, 0.1) is 0 Å². The van der Waals surface area contributed by atoms with E-state index in [2.05, 4.69) is 5.32 Å². The van der Waals surface area contributed by atoms with Gasteiger partial charge in [0, 0.05) is 17.1 Å². The predicted octanol–water partition coefficient (Wildman–Crippen LogP) is 4.31. The van der Waals surface area contributed by atoms with E-state index in [1.54, 1.807) is 12.1 Å². The number of rotatable bonds is 3. The maximum Gasteiger partial charge on any atom is 0.131 e. The van der Waals surface area contributed by atoms with Gasteiger partial charge in [-0.3, -0.25) is 0 Å². The van der Waals surface area contributed by atoms with E-state index in [1.807, 2.05) is 13.1 Å². The monoisotopic (exact) mass is 281 g/mol. The molecule has 19 heavy (non-hydrogen) atoms. The van der Waals surface area contributed by atoms with Gasteiger partial charge >= 0.3 is 0 Å². The molecule has 2 aromatic rings. The van der Waals surface area contributed by atoms with Crippen LogP contribution in [0.4, 0.5) is 8.78 Å². The Bertz CT molecular complexity index is 611. The molecular weight excluding hydrogens is 268 g/mol. The topological polar surface area (TPSA) is 12.0 Å². The molecule has 0 aliphatic carbocycles. The Hall–Kier alpha value is -1.45. The van der Waals surface area contributed by atoms with Crippen LogP contribution in [0.2, 0.25) is 5.02 Å². The van der Waals surface area contributed by atoms with Gasteiger partial charge in [-0.1, -0.05) is 23.7 Å². The molecule has 0 aromatic heterocycles. The van der Waals surface area contributed by atoms with Gasteiger partial charge in [-0.25, -0.2) is 8.78 Å². The maximum absolute atomic E-state index is 13.9. The molecule has 1 N–H and O–H groups in total. The van der Waals surface area contributed by atoms with Crippen molar-refractivity contribution in [2.75, 3.05) is 7.05 Å². The van der Waals surface area contributed by atoms with Crippen molar-refractivity contribution in [3.63, 3.8) is 0 Å². The molecule has 0 unspecified atom stereocenters. The summed E-state index contributed by atoms with van der Waals surface area (Å²) < 4.78 is 27.4. The second kappa shape index (κ2) is 5.68. The van der Waals surface area contributed by atoms with E-state index in [-0.39, 0.29) is 5.56 Å². The summed E-state index contributed by atoms with van der Waals surface area (Å²) in [5.74, 6) is -0.872. The highest BCUT2D eigenvalue weighted by Crippen LogP contribution is 2.29. The summed E-state index contributed by atoms with van der Waals surface area (Å²) in [5, 5.41) is 3.53. The van der Waals surface area contributed by atoms with E-state index in [0.29, 0.717) is 22.7 Å². The van der Waals surface area contributed by atoms with Crippen LogP contribution >= 0.6 is 11.6 Å². The van der Waals surface area contributed by atoms with E-state index in [1.165, 1.54) is 19.1 Å². The fraction of sp³-hybridized carbons (Fsp3) is 0.200. The zero-order valence-electron chi connectivity index (χ0n) is 10.7. The summed E-state index contributed by atoms with van der Waals surface area (Å²) in [5.41, 5.74) is 2.00. The largest absolute Gasteiger partial charge is 0.316 e. The first-order valence-corrected chi connectivity index (χ1v) is 6.29. The molecule has 0 saturated heterocycles. The first-order chi connectivity index (χ1) is 9.02. The summed E-state index contributed by atoms with van der Waals surface area (Å²) >= 11 is 6.13. The minimum atomic E-state index is -0.448. The molecule has 0 aliphatic rings. The lowest BCUT2D eigenvalue weighted by atomic mass is 10.0. The van der Waals surface area contributed by atoms with Crippen molar-refractivity contribution in [2.24, 2.45) is 0 Å². The Morgan fingerprint density at radius 2 is 1.84 bits per heavy atom. The molecule has 0 fully saturated rings. The van der Waals surface area contributed by atoms with E-state index < -0.39 is 11.6 Å². The van der Waals surface area contributed by atoms with Gasteiger partial charge in [0.15, 0.2) is 0 Å². The Kier molecular flexibility index (Phi) is 4.17. The third-order valence-corrected chi connectivity index (χ3v) is 3.33. The highest BCUT2D eigenvalue weighted by atomic mass is 35.5. The summed E-state index contributed by atoms with van der Waals surface area (Å²) in [6, 6.07) is 7.60. The quantitative estimate of drug-likeness (QED) is 0.884. The molecule has 0 spiro atoms. The van der Waals surface area contributed by atoms with E-state index in [9.17, 15) is 8.78 Å². The minimum absolute atomic E-state index is 0.223. The van der Waals surface area contributed by atoms with Gasteiger partial charge < -0.3 is 5.32 Å². The molecule has 0 amide bonds. The van der Waals surface area contributed by atoms with Gasteiger partial charge in [-0.15, -0.1) is 0 Å². The summed E-state index contributed by atoms with van der Waals surface area (Å²) in [7, 11) is 1.82. The Morgan fingerprint density at radius 3 is 2.47 bits per heavy atom. The first kappa shape index (κ1) is 14.0. The standard InChI is InChI=1S/C15H14ClF2N/c1-9-5-15(18)12(7-14(9)17)10-3-4-11(8-19-2)13(16)6-10/h3-7,19H,8H2,1-2H3. The van der Waals surface area contributed by atoms with Crippen LogP contribution < -0.4 is 5.32 Å². The third-order valence-electron chi connectivity index (χ3n) is 2.98. The van der Waals surface area contributed by atoms with Crippen LogP contribution in [0.3, 0.4) is 0 Å². The normalized spacial score (nSPS) is 10.8. The molecule has 100 valence electrons. The Morgan fingerprint density at radius 1 is 1.11 bits per heavy atom. The SMILES string of the molecule is CNCc1ccc(-c2cc(F)c(C)cc2F)cc1Cl. The molecule has 1 nitrogen and oxygen atoms in total. The summed E-state index contributed by atoms with van der Waals surface area (Å²) in [6.45, 7) is 2.16. The molecule has 0 heterocycles. The van der Waals surface area contributed by atoms with Crippen LogP contribution in [0.5, 0.6) is 0 Å². The predicted molar refractivity (Wildman–Crippen MR) is 74.3 cm³/mol. The fourth-order valence-electron chi connectivity index (χ4n) is 1.92. The van der Waals surface area contributed by atoms with E-state index in [0.717, 1.165) is 5.56 Å². The molecule has 4 heteroatoms. The van der Waals surface area contributed by atoms with Crippen molar-refractivity contribution in [1.82, 2.24) is 5.32 Å². The van der Waals surface area contributed by atoms with Crippen molar-refractivity contribution >= 4 is 11.6 Å². The van der Waals surface area contributed by atoms with Crippen LogP contribution in [0.15, 0.2) is 30.3 Å². The Labute approximate surface area is 116 Å².